The highest BCUT2D eigenvalue weighted by molar-refractivity contribution is 7.15. The zero-order valence-electron chi connectivity index (χ0n) is 29.6. The third-order valence-electron chi connectivity index (χ3n) is 9.14. The van der Waals surface area contributed by atoms with Crippen LogP contribution in [0.1, 0.15) is 81.9 Å². The highest BCUT2D eigenvalue weighted by atomic mass is 32.1. The number of ether oxygens (including phenoxy) is 1. The Hall–Kier alpha value is -4.52. The largest absolute Gasteiger partial charge is 0.494 e. The summed E-state index contributed by atoms with van der Waals surface area (Å²) in [5.41, 5.74) is 9.82. The second-order valence-electron chi connectivity index (χ2n) is 13.0. The number of aryl methyl sites for hydroxylation is 1. The number of anilines is 1. The highest BCUT2D eigenvalue weighted by Gasteiger charge is 2.32. The number of fused-ring (bicyclic) bond motifs is 4. The Kier molecular flexibility index (Phi) is 14.6. The first kappa shape index (κ1) is 38.3. The quantitative estimate of drug-likeness (QED) is 0.280. The summed E-state index contributed by atoms with van der Waals surface area (Å²) in [5, 5.41) is 16.9. The van der Waals surface area contributed by atoms with Gasteiger partial charge in [0, 0.05) is 19.6 Å². The van der Waals surface area contributed by atoms with Gasteiger partial charge in [-0.25, -0.2) is 0 Å². The standard InChI is InChI=1S/C37H51N7O5S/c1-5-8-26(12-10-24(3)6-2)13-15-30-35(47)39-22-28-19-29(14-11-25(28)4)49-18-16-27-9-7-17-44(23-27)34(46)20-31(36(48)41-30)40-32(45)21-33-42-43-37(38)50-33/h5,8,10-12,14,19,27,30-31H,6-7,9,13,15-18,20-23H2,1-4H3,(H2,38,43)(H,39,47)(H,40,45)(H,41,48)/b8-5-,24-10+,26-12+/t27?,30?,31-/m0/s1. The summed E-state index contributed by atoms with van der Waals surface area (Å²) in [5.74, 6) is -0.746. The zero-order valence-corrected chi connectivity index (χ0v) is 30.4. The summed E-state index contributed by atoms with van der Waals surface area (Å²) < 4.78 is 6.12. The van der Waals surface area contributed by atoms with Crippen molar-refractivity contribution in [1.82, 2.24) is 31.0 Å². The van der Waals surface area contributed by atoms with Crippen molar-refractivity contribution in [3.05, 3.63) is 69.8 Å². The summed E-state index contributed by atoms with van der Waals surface area (Å²) in [6.07, 6.45) is 11.9. The lowest BCUT2D eigenvalue weighted by Gasteiger charge is -2.34. The molecular formula is C37H51N7O5S. The minimum absolute atomic E-state index is 0.150. The van der Waals surface area contributed by atoms with Crippen LogP contribution < -0.4 is 26.4 Å². The van der Waals surface area contributed by atoms with E-state index in [9.17, 15) is 19.2 Å². The molecule has 4 amide bonds. The van der Waals surface area contributed by atoms with Crippen LogP contribution in [0.5, 0.6) is 5.75 Å². The molecule has 4 rings (SSSR count). The Morgan fingerprint density at radius 2 is 2.00 bits per heavy atom. The van der Waals surface area contributed by atoms with Crippen LogP contribution in [-0.2, 0) is 32.1 Å². The van der Waals surface area contributed by atoms with Crippen LogP contribution in [0, 0.1) is 12.8 Å². The average Bonchev–Trinajstić information content (AvgIpc) is 3.51. The molecule has 270 valence electrons. The van der Waals surface area contributed by atoms with Gasteiger partial charge in [0.1, 0.15) is 22.8 Å². The maximum absolute atomic E-state index is 14.0. The molecule has 3 heterocycles. The molecular weight excluding hydrogens is 655 g/mol. The fourth-order valence-corrected chi connectivity index (χ4v) is 6.60. The number of nitrogens with one attached hydrogen (secondary N) is 3. The lowest BCUT2D eigenvalue weighted by Crippen LogP contribution is -2.55. The number of allylic oxidation sites excluding steroid dienone is 6. The monoisotopic (exact) mass is 705 g/mol. The Labute approximate surface area is 299 Å². The molecule has 1 fully saturated rings. The van der Waals surface area contributed by atoms with E-state index in [4.69, 9.17) is 10.5 Å². The first-order valence-corrected chi connectivity index (χ1v) is 18.3. The maximum atomic E-state index is 14.0. The van der Waals surface area contributed by atoms with Crippen LogP contribution in [0.3, 0.4) is 0 Å². The zero-order chi connectivity index (χ0) is 36.0. The molecule has 0 aliphatic carbocycles. The molecule has 1 aromatic carbocycles. The molecule has 2 aliphatic rings. The van der Waals surface area contributed by atoms with Gasteiger partial charge in [-0.1, -0.05) is 54.2 Å². The van der Waals surface area contributed by atoms with Crippen molar-refractivity contribution in [2.75, 3.05) is 25.4 Å². The molecule has 13 heteroatoms. The molecule has 2 aromatic rings. The first-order chi connectivity index (χ1) is 24.0. The van der Waals surface area contributed by atoms with E-state index in [-0.39, 0.29) is 42.3 Å². The predicted octanol–water partition coefficient (Wildman–Crippen LogP) is 4.31. The molecule has 1 aromatic heterocycles. The lowest BCUT2D eigenvalue weighted by molar-refractivity contribution is -0.138. The van der Waals surface area contributed by atoms with Gasteiger partial charge in [0.15, 0.2) is 0 Å². The third kappa shape index (κ3) is 11.8. The van der Waals surface area contributed by atoms with Crippen molar-refractivity contribution in [2.24, 2.45) is 5.92 Å². The number of hydrogen-bond acceptors (Lipinski definition) is 9. The predicted molar refractivity (Wildman–Crippen MR) is 195 cm³/mol. The Balaban J connectivity index is 1.63. The van der Waals surface area contributed by atoms with Crippen LogP contribution in [0.25, 0.3) is 0 Å². The number of benzene rings is 1. The van der Waals surface area contributed by atoms with Gasteiger partial charge in [0.05, 0.1) is 19.4 Å². The normalized spacial score (nSPS) is 21.6. The number of carbonyl (C=O) groups is 4. The van der Waals surface area contributed by atoms with Gasteiger partial charge >= 0.3 is 0 Å². The van der Waals surface area contributed by atoms with Crippen molar-refractivity contribution >= 4 is 40.1 Å². The fraction of sp³-hybridized carbons (Fsp3) is 0.514. The molecule has 4 bridgehead atoms. The maximum Gasteiger partial charge on any atom is 0.243 e. The van der Waals surface area contributed by atoms with E-state index >= 15 is 0 Å². The number of piperidine rings is 1. The van der Waals surface area contributed by atoms with Gasteiger partial charge in [-0.2, -0.15) is 0 Å². The molecule has 5 N–H and O–H groups in total. The van der Waals surface area contributed by atoms with Crippen LogP contribution in [0.2, 0.25) is 0 Å². The molecule has 0 spiro atoms. The van der Waals surface area contributed by atoms with Crippen LogP contribution in [0.4, 0.5) is 5.13 Å². The number of hydrogen-bond donors (Lipinski definition) is 4. The van der Waals surface area contributed by atoms with E-state index in [0.717, 1.165) is 59.5 Å². The Bertz CT molecular complexity index is 1600. The number of rotatable bonds is 9. The topological polar surface area (TPSA) is 169 Å². The van der Waals surface area contributed by atoms with E-state index < -0.39 is 23.9 Å². The summed E-state index contributed by atoms with van der Waals surface area (Å²) >= 11 is 1.08. The van der Waals surface area contributed by atoms with Crippen molar-refractivity contribution in [2.45, 2.75) is 97.7 Å². The number of aromatic nitrogens is 2. The van der Waals surface area contributed by atoms with Gasteiger partial charge in [-0.05, 0) is 94.0 Å². The Morgan fingerprint density at radius 3 is 2.74 bits per heavy atom. The van der Waals surface area contributed by atoms with Gasteiger partial charge in [0.25, 0.3) is 0 Å². The Morgan fingerprint density at radius 1 is 1.18 bits per heavy atom. The number of nitrogen functional groups attached to an aromatic ring is 1. The van der Waals surface area contributed by atoms with E-state index in [2.05, 4.69) is 46.1 Å². The number of carbonyl (C=O) groups excluding carboxylic acids is 4. The van der Waals surface area contributed by atoms with Crippen molar-refractivity contribution in [3.8, 4) is 5.75 Å². The van der Waals surface area contributed by atoms with Crippen LogP contribution >= 0.6 is 11.3 Å². The van der Waals surface area contributed by atoms with E-state index in [1.54, 1.807) is 4.90 Å². The smallest absolute Gasteiger partial charge is 0.243 e. The summed E-state index contributed by atoms with van der Waals surface area (Å²) in [4.78, 5) is 56.4. The highest BCUT2D eigenvalue weighted by Crippen LogP contribution is 2.23. The summed E-state index contributed by atoms with van der Waals surface area (Å²) in [6, 6.07) is 3.69. The molecule has 1 saturated heterocycles. The molecule has 0 saturated carbocycles. The minimum Gasteiger partial charge on any atom is -0.494 e. The number of nitrogens with two attached hydrogens (primary N) is 1. The van der Waals surface area contributed by atoms with Crippen LogP contribution in [-0.4, -0.2) is 70.5 Å². The second-order valence-corrected chi connectivity index (χ2v) is 14.1. The third-order valence-corrected chi connectivity index (χ3v) is 9.89. The first-order valence-electron chi connectivity index (χ1n) is 17.5. The van der Waals surface area contributed by atoms with Crippen molar-refractivity contribution in [3.63, 3.8) is 0 Å². The molecule has 2 unspecified atom stereocenters. The molecule has 50 heavy (non-hydrogen) atoms. The number of nitrogens with zero attached hydrogens (tertiary/aromatic N) is 3. The number of amides is 4. The average molecular weight is 706 g/mol. The molecule has 2 aliphatic heterocycles. The molecule has 3 atom stereocenters. The minimum atomic E-state index is -1.21. The van der Waals surface area contributed by atoms with Gasteiger partial charge in [0.2, 0.25) is 28.8 Å². The van der Waals surface area contributed by atoms with Gasteiger partial charge in [-0.3, -0.25) is 19.2 Å². The van der Waals surface area contributed by atoms with Gasteiger partial charge < -0.3 is 31.3 Å². The van der Waals surface area contributed by atoms with E-state index in [1.807, 2.05) is 50.3 Å². The van der Waals surface area contributed by atoms with Crippen molar-refractivity contribution < 1.29 is 23.9 Å². The van der Waals surface area contributed by atoms with E-state index in [0.29, 0.717) is 37.5 Å². The van der Waals surface area contributed by atoms with Crippen LogP contribution in [0.15, 0.2) is 53.6 Å². The molecule has 0 radical (unpaired) electrons. The van der Waals surface area contributed by atoms with Crippen molar-refractivity contribution in [1.29, 1.82) is 0 Å². The SMILES string of the molecule is C\C=C/C(=C\C=C(/C)CC)CCC1NC(=O)[C@@H](NC(=O)Cc2nnc(N)s2)CC(=O)N2CCCC(CCOc3ccc(C)c(c3)CNC1=O)C2. The summed E-state index contributed by atoms with van der Waals surface area (Å²) in [6.45, 7) is 9.92. The second kappa shape index (κ2) is 19.0. The van der Waals surface area contributed by atoms with Gasteiger partial charge in [-0.15, -0.1) is 10.2 Å². The molecule has 12 nitrogen and oxygen atoms in total. The lowest BCUT2D eigenvalue weighted by atomic mass is 9.94. The summed E-state index contributed by atoms with van der Waals surface area (Å²) in [7, 11) is 0. The fourth-order valence-electron chi connectivity index (χ4n) is 5.99. The van der Waals surface area contributed by atoms with E-state index in [1.165, 1.54) is 5.57 Å².